The molecule has 0 fully saturated rings. The molecular weight excluding hydrogens is 352 g/mol. The summed E-state index contributed by atoms with van der Waals surface area (Å²) in [5, 5.41) is 4.50. The second kappa shape index (κ2) is 5.54. The molecule has 21 heavy (non-hydrogen) atoms. The Morgan fingerprint density at radius 3 is 2.67 bits per heavy atom. The molecule has 0 aliphatic heterocycles. The lowest BCUT2D eigenvalue weighted by molar-refractivity contribution is 0.436. The molecule has 0 radical (unpaired) electrons. The van der Waals surface area contributed by atoms with Gasteiger partial charge in [0.2, 0.25) is 0 Å². The lowest BCUT2D eigenvalue weighted by Crippen LogP contribution is -1.90. The third kappa shape index (κ3) is 2.57. The minimum atomic E-state index is 0.329. The number of nitrogens with zero attached hydrogens (tertiary/aromatic N) is 1. The Bertz CT molecular complexity index is 814. The summed E-state index contributed by atoms with van der Waals surface area (Å²) in [7, 11) is 0. The van der Waals surface area contributed by atoms with Crippen LogP contribution in [0.4, 0.5) is 5.82 Å². The quantitative estimate of drug-likeness (QED) is 0.671. The van der Waals surface area contributed by atoms with Crippen molar-refractivity contribution in [1.29, 1.82) is 0 Å². The number of rotatable bonds is 2. The van der Waals surface area contributed by atoms with E-state index >= 15 is 0 Å². The van der Waals surface area contributed by atoms with Crippen molar-refractivity contribution >= 4 is 33.3 Å². The second-order valence-electron chi connectivity index (χ2n) is 4.72. The van der Waals surface area contributed by atoms with E-state index in [1.54, 1.807) is 0 Å². The first-order chi connectivity index (χ1) is 10.1. The summed E-state index contributed by atoms with van der Waals surface area (Å²) in [6.07, 6.45) is 0. The highest BCUT2D eigenvalue weighted by Crippen LogP contribution is 2.40. The summed E-state index contributed by atoms with van der Waals surface area (Å²) >= 11 is 9.80. The van der Waals surface area contributed by atoms with Crippen molar-refractivity contribution in [2.45, 2.75) is 6.92 Å². The first-order valence-corrected chi connectivity index (χ1v) is 7.51. The smallest absolute Gasteiger partial charge is 0.177 e. The van der Waals surface area contributed by atoms with E-state index in [1.165, 1.54) is 0 Å². The second-order valence-corrected chi connectivity index (χ2v) is 5.98. The van der Waals surface area contributed by atoms with E-state index in [0.717, 1.165) is 26.7 Å². The van der Waals surface area contributed by atoms with Crippen LogP contribution in [-0.4, -0.2) is 5.16 Å². The Kier molecular flexibility index (Phi) is 3.74. The fourth-order valence-electron chi connectivity index (χ4n) is 2.16. The number of benzene rings is 2. The summed E-state index contributed by atoms with van der Waals surface area (Å²) in [5.41, 5.74) is 9.54. The summed E-state index contributed by atoms with van der Waals surface area (Å²) in [6.45, 7) is 2.03. The molecule has 1 heterocycles. The van der Waals surface area contributed by atoms with Gasteiger partial charge in [0.1, 0.15) is 0 Å². The Balaban J connectivity index is 2.22. The molecule has 3 nitrogen and oxygen atoms in total. The molecule has 106 valence electrons. The monoisotopic (exact) mass is 362 g/mol. The molecule has 0 aliphatic carbocycles. The van der Waals surface area contributed by atoms with Crippen LogP contribution < -0.4 is 5.73 Å². The normalized spacial score (nSPS) is 10.8. The molecule has 0 aliphatic rings. The average molecular weight is 364 g/mol. The third-order valence-corrected chi connectivity index (χ3v) is 4.48. The topological polar surface area (TPSA) is 52.0 Å². The molecule has 0 amide bonds. The van der Waals surface area contributed by atoms with Gasteiger partial charge in [-0.25, -0.2) is 0 Å². The zero-order valence-corrected chi connectivity index (χ0v) is 13.6. The molecule has 3 aromatic rings. The van der Waals surface area contributed by atoms with Crippen LogP contribution in [-0.2, 0) is 0 Å². The molecular formula is C16H12BrClN2O. The molecule has 0 saturated heterocycles. The van der Waals surface area contributed by atoms with Gasteiger partial charge >= 0.3 is 0 Å². The van der Waals surface area contributed by atoms with Crippen molar-refractivity contribution in [1.82, 2.24) is 5.16 Å². The van der Waals surface area contributed by atoms with E-state index in [1.807, 2.05) is 49.4 Å². The lowest BCUT2D eigenvalue weighted by Gasteiger charge is -2.06. The van der Waals surface area contributed by atoms with E-state index in [4.69, 9.17) is 21.9 Å². The SMILES string of the molecule is Cc1ccc(-c2onc(N)c2-c2ccccc2Cl)cc1Br. The van der Waals surface area contributed by atoms with Gasteiger partial charge in [0, 0.05) is 20.6 Å². The van der Waals surface area contributed by atoms with Crippen LogP contribution in [0.5, 0.6) is 0 Å². The van der Waals surface area contributed by atoms with Crippen molar-refractivity contribution in [2.75, 3.05) is 5.73 Å². The predicted octanol–water partition coefficient (Wildman–Crippen LogP) is 5.32. The molecule has 0 unspecified atom stereocenters. The predicted molar refractivity (Wildman–Crippen MR) is 89.2 cm³/mol. The standard InChI is InChI=1S/C16H12BrClN2O/c1-9-6-7-10(8-12(9)17)15-14(16(19)20-21-15)11-4-2-3-5-13(11)18/h2-8H,1H3,(H2,19,20). The molecule has 2 N–H and O–H groups in total. The molecule has 0 bridgehead atoms. The first-order valence-electron chi connectivity index (χ1n) is 6.34. The van der Waals surface area contributed by atoms with Gasteiger partial charge in [0.25, 0.3) is 0 Å². The number of aromatic nitrogens is 1. The van der Waals surface area contributed by atoms with E-state index < -0.39 is 0 Å². The van der Waals surface area contributed by atoms with E-state index in [-0.39, 0.29) is 0 Å². The van der Waals surface area contributed by atoms with E-state index in [9.17, 15) is 0 Å². The van der Waals surface area contributed by atoms with E-state index in [2.05, 4.69) is 21.1 Å². The van der Waals surface area contributed by atoms with Crippen LogP contribution in [0.3, 0.4) is 0 Å². The molecule has 1 aromatic heterocycles. The minimum Gasteiger partial charge on any atom is -0.380 e. The van der Waals surface area contributed by atoms with Gasteiger partial charge in [-0.2, -0.15) is 0 Å². The summed E-state index contributed by atoms with van der Waals surface area (Å²) < 4.78 is 6.43. The fraction of sp³-hybridized carbons (Fsp3) is 0.0625. The minimum absolute atomic E-state index is 0.329. The average Bonchev–Trinajstić information content (AvgIpc) is 2.84. The number of aryl methyl sites for hydroxylation is 1. The Hall–Kier alpha value is -1.78. The van der Waals surface area contributed by atoms with Gasteiger partial charge in [-0.05, 0) is 24.6 Å². The Morgan fingerprint density at radius 2 is 1.95 bits per heavy atom. The molecule has 2 aromatic carbocycles. The van der Waals surface area contributed by atoms with Crippen LogP contribution in [0, 0.1) is 6.92 Å². The van der Waals surface area contributed by atoms with Gasteiger partial charge in [0.05, 0.1) is 5.56 Å². The highest BCUT2D eigenvalue weighted by Gasteiger charge is 2.19. The van der Waals surface area contributed by atoms with Crippen molar-refractivity contribution in [2.24, 2.45) is 0 Å². The summed E-state index contributed by atoms with van der Waals surface area (Å²) in [4.78, 5) is 0. The van der Waals surface area contributed by atoms with Crippen LogP contribution in [0.2, 0.25) is 5.02 Å². The highest BCUT2D eigenvalue weighted by molar-refractivity contribution is 9.10. The van der Waals surface area contributed by atoms with Crippen molar-refractivity contribution in [3.8, 4) is 22.5 Å². The highest BCUT2D eigenvalue weighted by atomic mass is 79.9. The Labute approximate surface area is 135 Å². The molecule has 3 rings (SSSR count). The Morgan fingerprint density at radius 1 is 1.19 bits per heavy atom. The van der Waals surface area contributed by atoms with Crippen LogP contribution >= 0.6 is 27.5 Å². The lowest BCUT2D eigenvalue weighted by atomic mass is 10.0. The maximum atomic E-state index is 6.27. The fourth-order valence-corrected chi connectivity index (χ4v) is 2.77. The van der Waals surface area contributed by atoms with Crippen LogP contribution in [0.1, 0.15) is 5.56 Å². The van der Waals surface area contributed by atoms with Gasteiger partial charge < -0.3 is 10.3 Å². The van der Waals surface area contributed by atoms with Gasteiger partial charge in [-0.3, -0.25) is 0 Å². The van der Waals surface area contributed by atoms with Crippen molar-refractivity contribution in [3.63, 3.8) is 0 Å². The number of anilines is 1. The summed E-state index contributed by atoms with van der Waals surface area (Å²) in [5.74, 6) is 0.941. The molecule has 0 atom stereocenters. The largest absolute Gasteiger partial charge is 0.380 e. The maximum Gasteiger partial charge on any atom is 0.177 e. The van der Waals surface area contributed by atoms with Crippen molar-refractivity contribution < 1.29 is 4.52 Å². The van der Waals surface area contributed by atoms with Gasteiger partial charge in [0.15, 0.2) is 11.6 Å². The zero-order chi connectivity index (χ0) is 15.0. The van der Waals surface area contributed by atoms with Crippen LogP contribution in [0.15, 0.2) is 51.5 Å². The first kappa shape index (κ1) is 14.2. The van der Waals surface area contributed by atoms with Gasteiger partial charge in [-0.15, -0.1) is 0 Å². The van der Waals surface area contributed by atoms with Crippen molar-refractivity contribution in [3.05, 3.63) is 57.5 Å². The molecule has 0 spiro atoms. The number of hydrogen-bond acceptors (Lipinski definition) is 3. The van der Waals surface area contributed by atoms with Gasteiger partial charge in [-0.1, -0.05) is 63.0 Å². The summed E-state index contributed by atoms with van der Waals surface area (Å²) in [6, 6.07) is 13.5. The van der Waals surface area contributed by atoms with Crippen LogP contribution in [0.25, 0.3) is 22.5 Å². The number of nitrogens with two attached hydrogens (primary N) is 1. The zero-order valence-electron chi connectivity index (χ0n) is 11.2. The number of hydrogen-bond donors (Lipinski definition) is 1. The van der Waals surface area contributed by atoms with E-state index in [0.29, 0.717) is 16.6 Å². The maximum absolute atomic E-state index is 6.27. The number of halogens is 2. The molecule has 5 heteroatoms. The number of nitrogen functional groups attached to an aromatic ring is 1. The third-order valence-electron chi connectivity index (χ3n) is 3.30. The molecule has 0 saturated carbocycles.